The third-order valence-electron chi connectivity index (χ3n) is 3.30. The van der Waals surface area contributed by atoms with Crippen molar-refractivity contribution in [1.82, 2.24) is 0 Å². The van der Waals surface area contributed by atoms with Crippen molar-refractivity contribution in [2.24, 2.45) is 0 Å². The van der Waals surface area contributed by atoms with Gasteiger partial charge in [-0.05, 0) is 23.6 Å². The maximum Gasteiger partial charge on any atom is 0.153 e. The molecule has 0 bridgehead atoms. The van der Waals surface area contributed by atoms with Gasteiger partial charge in [0.1, 0.15) is 0 Å². The predicted octanol–water partition coefficient (Wildman–Crippen LogP) is 5.70. The van der Waals surface area contributed by atoms with E-state index in [-0.39, 0.29) is 0 Å². The molecule has 0 saturated heterocycles. The van der Waals surface area contributed by atoms with Gasteiger partial charge in [0.25, 0.3) is 0 Å². The van der Waals surface area contributed by atoms with E-state index in [2.05, 4.69) is 5.32 Å². The van der Waals surface area contributed by atoms with Crippen LogP contribution in [0.5, 0.6) is 0 Å². The van der Waals surface area contributed by atoms with Crippen LogP contribution in [-0.4, -0.2) is 6.29 Å². The summed E-state index contributed by atoms with van der Waals surface area (Å²) in [5.41, 5.74) is 1.87. The van der Waals surface area contributed by atoms with Gasteiger partial charge < -0.3 is 5.32 Å². The van der Waals surface area contributed by atoms with Gasteiger partial charge in [0.15, 0.2) is 6.29 Å². The molecule has 0 fully saturated rings. The standard InChI is InChI=1S/C17H11Cl2NO/c18-14-8-9-16(17(19)13(14)10-21)20-15-7-3-5-11-4-1-2-6-12(11)15/h1-10,20H. The third-order valence-corrected chi connectivity index (χ3v) is 4.04. The molecule has 3 aromatic rings. The number of benzene rings is 3. The molecule has 0 heterocycles. The Labute approximate surface area is 132 Å². The normalized spacial score (nSPS) is 10.6. The number of aldehydes is 1. The quantitative estimate of drug-likeness (QED) is 0.628. The van der Waals surface area contributed by atoms with Crippen LogP contribution in [0.1, 0.15) is 10.4 Å². The summed E-state index contributed by atoms with van der Waals surface area (Å²) in [6.07, 6.45) is 0.666. The lowest BCUT2D eigenvalue weighted by molar-refractivity contribution is 0.112. The molecule has 0 aliphatic carbocycles. The average Bonchev–Trinajstić information content (AvgIpc) is 2.51. The Kier molecular flexibility index (Phi) is 3.82. The van der Waals surface area contributed by atoms with Gasteiger partial charge in [-0.1, -0.05) is 59.6 Å². The van der Waals surface area contributed by atoms with Crippen LogP contribution in [0.2, 0.25) is 10.0 Å². The monoisotopic (exact) mass is 315 g/mol. The van der Waals surface area contributed by atoms with Crippen molar-refractivity contribution < 1.29 is 4.79 Å². The SMILES string of the molecule is O=Cc1c(Cl)ccc(Nc2cccc3ccccc23)c1Cl. The molecule has 0 saturated carbocycles. The molecule has 1 N–H and O–H groups in total. The lowest BCUT2D eigenvalue weighted by Gasteiger charge is -2.13. The van der Waals surface area contributed by atoms with Crippen molar-refractivity contribution in [3.63, 3.8) is 0 Å². The van der Waals surface area contributed by atoms with E-state index in [4.69, 9.17) is 23.2 Å². The zero-order valence-corrected chi connectivity index (χ0v) is 12.4. The van der Waals surface area contributed by atoms with Crippen LogP contribution < -0.4 is 5.32 Å². The molecule has 2 nitrogen and oxygen atoms in total. The van der Waals surface area contributed by atoms with Gasteiger partial charge in [0.05, 0.1) is 21.3 Å². The largest absolute Gasteiger partial charge is 0.354 e. The first-order valence-corrected chi connectivity index (χ1v) is 7.14. The van der Waals surface area contributed by atoms with Gasteiger partial charge in [-0.3, -0.25) is 4.79 Å². The van der Waals surface area contributed by atoms with E-state index in [9.17, 15) is 4.79 Å². The van der Waals surface area contributed by atoms with Crippen LogP contribution in [0.25, 0.3) is 10.8 Å². The van der Waals surface area contributed by atoms with E-state index >= 15 is 0 Å². The zero-order chi connectivity index (χ0) is 14.8. The highest BCUT2D eigenvalue weighted by Crippen LogP contribution is 2.34. The van der Waals surface area contributed by atoms with Gasteiger partial charge in [0, 0.05) is 11.1 Å². The number of halogens is 2. The first-order chi connectivity index (χ1) is 10.2. The smallest absolute Gasteiger partial charge is 0.153 e. The van der Waals surface area contributed by atoms with Crippen LogP contribution >= 0.6 is 23.2 Å². The van der Waals surface area contributed by atoms with Gasteiger partial charge in [-0.15, -0.1) is 0 Å². The van der Waals surface area contributed by atoms with Crippen LogP contribution in [0.4, 0.5) is 11.4 Å². The number of fused-ring (bicyclic) bond motifs is 1. The molecule has 3 rings (SSSR count). The summed E-state index contributed by atoms with van der Waals surface area (Å²) in [5, 5.41) is 6.15. The summed E-state index contributed by atoms with van der Waals surface area (Å²) >= 11 is 12.2. The number of nitrogens with one attached hydrogen (secondary N) is 1. The lowest BCUT2D eigenvalue weighted by atomic mass is 10.1. The molecular weight excluding hydrogens is 305 g/mol. The maximum atomic E-state index is 11.1. The summed E-state index contributed by atoms with van der Waals surface area (Å²) in [6.45, 7) is 0. The molecule has 21 heavy (non-hydrogen) atoms. The van der Waals surface area contributed by atoms with Crippen LogP contribution in [0.3, 0.4) is 0 Å². The van der Waals surface area contributed by atoms with E-state index in [1.54, 1.807) is 12.1 Å². The fourth-order valence-corrected chi connectivity index (χ4v) is 2.76. The van der Waals surface area contributed by atoms with Crippen molar-refractivity contribution in [2.75, 3.05) is 5.32 Å². The number of anilines is 2. The highest BCUT2D eigenvalue weighted by molar-refractivity contribution is 6.40. The van der Waals surface area contributed by atoms with E-state index in [0.717, 1.165) is 16.5 Å². The highest BCUT2D eigenvalue weighted by Gasteiger charge is 2.11. The second-order valence-electron chi connectivity index (χ2n) is 4.59. The fourth-order valence-electron chi connectivity index (χ4n) is 2.25. The summed E-state index contributed by atoms with van der Waals surface area (Å²) in [7, 11) is 0. The van der Waals surface area contributed by atoms with E-state index < -0.39 is 0 Å². The Hall–Kier alpha value is -2.03. The molecule has 4 heteroatoms. The number of hydrogen-bond acceptors (Lipinski definition) is 2. The Balaban J connectivity index is 2.09. The number of carbonyl (C=O) groups excluding carboxylic acids is 1. The van der Waals surface area contributed by atoms with Crippen molar-refractivity contribution in [3.8, 4) is 0 Å². The molecular formula is C17H11Cl2NO. The molecule has 3 aromatic carbocycles. The molecule has 0 amide bonds. The summed E-state index contributed by atoms with van der Waals surface area (Å²) in [5.74, 6) is 0. The molecule has 0 radical (unpaired) electrons. The van der Waals surface area contributed by atoms with Crippen LogP contribution in [-0.2, 0) is 0 Å². The molecule has 104 valence electrons. The molecule has 0 aliphatic rings. The predicted molar refractivity (Wildman–Crippen MR) is 89.1 cm³/mol. The average molecular weight is 316 g/mol. The highest BCUT2D eigenvalue weighted by atomic mass is 35.5. The topological polar surface area (TPSA) is 29.1 Å². The Morgan fingerprint density at radius 2 is 1.62 bits per heavy atom. The van der Waals surface area contributed by atoms with Crippen LogP contribution in [0.15, 0.2) is 54.6 Å². The van der Waals surface area contributed by atoms with Crippen molar-refractivity contribution in [1.29, 1.82) is 0 Å². The van der Waals surface area contributed by atoms with E-state index in [1.807, 2.05) is 42.5 Å². The summed E-state index contributed by atoms with van der Waals surface area (Å²) in [4.78, 5) is 11.1. The van der Waals surface area contributed by atoms with Crippen molar-refractivity contribution >= 4 is 51.6 Å². The fraction of sp³-hybridized carbons (Fsp3) is 0. The Morgan fingerprint density at radius 3 is 2.43 bits per heavy atom. The van der Waals surface area contributed by atoms with Crippen molar-refractivity contribution in [2.45, 2.75) is 0 Å². The molecule has 0 atom stereocenters. The van der Waals surface area contributed by atoms with Crippen LogP contribution in [0, 0.1) is 0 Å². The minimum atomic E-state index is 0.295. The number of carbonyl (C=O) groups is 1. The maximum absolute atomic E-state index is 11.1. The Bertz CT molecular complexity index is 825. The molecule has 0 spiro atoms. The third kappa shape index (κ3) is 2.60. The van der Waals surface area contributed by atoms with Crippen molar-refractivity contribution in [3.05, 3.63) is 70.2 Å². The summed E-state index contributed by atoms with van der Waals surface area (Å²) in [6, 6.07) is 17.4. The second-order valence-corrected chi connectivity index (χ2v) is 5.38. The van der Waals surface area contributed by atoms with Gasteiger partial charge >= 0.3 is 0 Å². The van der Waals surface area contributed by atoms with E-state index in [1.165, 1.54) is 0 Å². The zero-order valence-electron chi connectivity index (χ0n) is 10.9. The molecule has 0 unspecified atom stereocenters. The Morgan fingerprint density at radius 1 is 0.857 bits per heavy atom. The first kappa shape index (κ1) is 13.9. The van der Waals surface area contributed by atoms with E-state index in [0.29, 0.717) is 27.6 Å². The molecule has 0 aliphatic heterocycles. The lowest BCUT2D eigenvalue weighted by Crippen LogP contribution is -1.95. The minimum absolute atomic E-state index is 0.295. The van der Waals surface area contributed by atoms with Gasteiger partial charge in [0.2, 0.25) is 0 Å². The summed E-state index contributed by atoms with van der Waals surface area (Å²) < 4.78 is 0. The van der Waals surface area contributed by atoms with Gasteiger partial charge in [-0.25, -0.2) is 0 Å². The first-order valence-electron chi connectivity index (χ1n) is 6.38. The number of rotatable bonds is 3. The molecule has 0 aromatic heterocycles. The second kappa shape index (κ2) is 5.76. The van der Waals surface area contributed by atoms with Gasteiger partial charge in [-0.2, -0.15) is 0 Å². The minimum Gasteiger partial charge on any atom is -0.354 e. The number of hydrogen-bond donors (Lipinski definition) is 1.